The average Bonchev–Trinajstić information content (AvgIpc) is 2.69. The first-order valence-electron chi connectivity index (χ1n) is 10.2. The molecule has 2 aliphatic heterocycles. The van der Waals surface area contributed by atoms with E-state index >= 15 is 0 Å². The summed E-state index contributed by atoms with van der Waals surface area (Å²) in [6.07, 6.45) is 3.94. The number of hydrogen-bond acceptors (Lipinski definition) is 3. The van der Waals surface area contributed by atoms with Crippen molar-refractivity contribution < 1.29 is 9.90 Å². The lowest BCUT2D eigenvalue weighted by Crippen LogP contribution is -2.38. The Morgan fingerprint density at radius 3 is 2.82 bits per heavy atom. The Labute approximate surface area is 171 Å². The Morgan fingerprint density at radius 2 is 2.00 bits per heavy atom. The van der Waals surface area contributed by atoms with Gasteiger partial charge in [0.2, 0.25) is 5.91 Å². The van der Waals surface area contributed by atoms with Crippen LogP contribution in [0.15, 0.2) is 42.5 Å². The molecule has 1 fully saturated rings. The number of aliphatic hydroxyl groups excluding tert-OH is 1. The van der Waals surface area contributed by atoms with Gasteiger partial charge in [-0.3, -0.25) is 4.79 Å². The predicted molar refractivity (Wildman–Crippen MR) is 113 cm³/mol. The van der Waals surface area contributed by atoms with E-state index in [-0.39, 0.29) is 5.91 Å². The van der Waals surface area contributed by atoms with Crippen LogP contribution < -0.4 is 5.32 Å². The zero-order valence-corrected chi connectivity index (χ0v) is 16.8. The van der Waals surface area contributed by atoms with Crippen molar-refractivity contribution in [2.45, 2.75) is 38.2 Å². The van der Waals surface area contributed by atoms with Crippen molar-refractivity contribution in [2.75, 3.05) is 25.0 Å². The Kier molecular flexibility index (Phi) is 6.00. The highest BCUT2D eigenvalue weighted by Gasteiger charge is 2.26. The number of fused-ring (bicyclic) bond motifs is 1. The van der Waals surface area contributed by atoms with Gasteiger partial charge in [0.25, 0.3) is 0 Å². The van der Waals surface area contributed by atoms with Gasteiger partial charge in [-0.05, 0) is 55.3 Å². The van der Waals surface area contributed by atoms with Gasteiger partial charge in [0.15, 0.2) is 0 Å². The fraction of sp³-hybridized carbons (Fsp3) is 0.435. The van der Waals surface area contributed by atoms with Crippen LogP contribution >= 0.6 is 11.6 Å². The molecule has 2 atom stereocenters. The number of halogens is 1. The Balaban J connectivity index is 1.40. The summed E-state index contributed by atoms with van der Waals surface area (Å²) in [4.78, 5) is 13.9. The standard InChI is InChI=1S/C23H27ClN2O2/c24-23-18-9-11-22(28)25-20(18)10-8-19(23)21(27)15-26-12-4-7-17(14-26)13-16-5-2-1-3-6-16/h1-3,5-6,8,10,17,21,27H,4,7,9,11-15H2,(H,25,28). The molecule has 5 heteroatoms. The normalized spacial score (nSPS) is 21.1. The molecule has 4 nitrogen and oxygen atoms in total. The minimum absolute atomic E-state index is 0.0228. The van der Waals surface area contributed by atoms with E-state index < -0.39 is 6.10 Å². The molecule has 148 valence electrons. The van der Waals surface area contributed by atoms with E-state index in [1.807, 2.05) is 12.1 Å². The molecular weight excluding hydrogens is 372 g/mol. The molecule has 28 heavy (non-hydrogen) atoms. The lowest BCUT2D eigenvalue weighted by molar-refractivity contribution is -0.116. The summed E-state index contributed by atoms with van der Waals surface area (Å²) in [5.74, 6) is 0.646. The van der Waals surface area contributed by atoms with E-state index in [1.165, 1.54) is 12.0 Å². The molecule has 0 aliphatic carbocycles. The predicted octanol–water partition coefficient (Wildman–Crippen LogP) is 4.21. The summed E-state index contributed by atoms with van der Waals surface area (Å²) in [5.41, 5.74) is 3.87. The van der Waals surface area contributed by atoms with Crippen molar-refractivity contribution in [3.63, 3.8) is 0 Å². The van der Waals surface area contributed by atoms with Crippen LogP contribution in [0.2, 0.25) is 5.02 Å². The number of rotatable bonds is 5. The molecule has 2 heterocycles. The SMILES string of the molecule is O=C1CCc2c(ccc(C(O)CN3CCCC(Cc4ccccc4)C3)c2Cl)N1. The second kappa shape index (κ2) is 8.64. The van der Waals surface area contributed by atoms with Gasteiger partial charge in [-0.15, -0.1) is 0 Å². The first kappa shape index (κ1) is 19.4. The maximum atomic E-state index is 11.6. The molecule has 0 aromatic heterocycles. The maximum absolute atomic E-state index is 11.6. The highest BCUT2D eigenvalue weighted by molar-refractivity contribution is 6.32. The summed E-state index contributed by atoms with van der Waals surface area (Å²) in [7, 11) is 0. The lowest BCUT2D eigenvalue weighted by Gasteiger charge is -2.34. The van der Waals surface area contributed by atoms with Crippen LogP contribution in [0.4, 0.5) is 5.69 Å². The summed E-state index contributed by atoms with van der Waals surface area (Å²) < 4.78 is 0. The number of piperidine rings is 1. The van der Waals surface area contributed by atoms with Gasteiger partial charge in [-0.2, -0.15) is 0 Å². The zero-order valence-electron chi connectivity index (χ0n) is 16.0. The number of β-amino-alcohol motifs (C(OH)–C–C–N with tert-alkyl or cyclic N) is 1. The highest BCUT2D eigenvalue weighted by atomic mass is 35.5. The van der Waals surface area contributed by atoms with Gasteiger partial charge in [0.05, 0.1) is 11.1 Å². The number of carbonyl (C=O) groups excluding carboxylic acids is 1. The van der Waals surface area contributed by atoms with E-state index in [0.717, 1.165) is 42.7 Å². The monoisotopic (exact) mass is 398 g/mol. The summed E-state index contributed by atoms with van der Waals surface area (Å²) in [5, 5.41) is 14.3. The van der Waals surface area contributed by atoms with Crippen LogP contribution in [-0.2, 0) is 17.6 Å². The molecule has 2 aromatic carbocycles. The minimum Gasteiger partial charge on any atom is -0.387 e. The molecule has 0 bridgehead atoms. The smallest absolute Gasteiger partial charge is 0.224 e. The second-order valence-corrected chi connectivity index (χ2v) is 8.39. The van der Waals surface area contributed by atoms with Crippen LogP contribution in [0.3, 0.4) is 0 Å². The van der Waals surface area contributed by atoms with Crippen molar-refractivity contribution in [2.24, 2.45) is 5.92 Å². The van der Waals surface area contributed by atoms with E-state index in [9.17, 15) is 9.90 Å². The summed E-state index contributed by atoms with van der Waals surface area (Å²) >= 11 is 6.59. The molecule has 0 spiro atoms. The minimum atomic E-state index is -0.620. The molecule has 2 N–H and O–H groups in total. The van der Waals surface area contributed by atoms with Crippen LogP contribution in [-0.4, -0.2) is 35.5 Å². The van der Waals surface area contributed by atoms with E-state index in [1.54, 1.807) is 0 Å². The number of hydrogen-bond donors (Lipinski definition) is 2. The molecule has 0 saturated carbocycles. The average molecular weight is 399 g/mol. The van der Waals surface area contributed by atoms with Crippen molar-refractivity contribution in [3.8, 4) is 0 Å². The topological polar surface area (TPSA) is 52.6 Å². The summed E-state index contributed by atoms with van der Waals surface area (Å²) in [6.45, 7) is 2.61. The summed E-state index contributed by atoms with van der Waals surface area (Å²) in [6, 6.07) is 14.4. The Hall–Kier alpha value is -1.88. The van der Waals surface area contributed by atoms with Crippen LogP contribution in [0.25, 0.3) is 0 Å². The third-order valence-corrected chi connectivity index (χ3v) is 6.36. The van der Waals surface area contributed by atoms with Gasteiger partial charge in [-0.25, -0.2) is 0 Å². The van der Waals surface area contributed by atoms with Crippen LogP contribution in [0.5, 0.6) is 0 Å². The molecule has 1 saturated heterocycles. The molecule has 1 amide bonds. The number of amides is 1. The van der Waals surface area contributed by atoms with Crippen LogP contribution in [0, 0.1) is 5.92 Å². The van der Waals surface area contributed by atoms with Crippen molar-refractivity contribution >= 4 is 23.2 Å². The van der Waals surface area contributed by atoms with Crippen LogP contribution in [0.1, 0.15) is 42.1 Å². The number of likely N-dealkylation sites (tertiary alicyclic amines) is 1. The van der Waals surface area contributed by atoms with Gasteiger partial charge < -0.3 is 15.3 Å². The van der Waals surface area contributed by atoms with Gasteiger partial charge in [0, 0.05) is 30.8 Å². The zero-order chi connectivity index (χ0) is 19.5. The molecule has 2 unspecified atom stereocenters. The van der Waals surface area contributed by atoms with Gasteiger partial charge in [0.1, 0.15) is 0 Å². The number of aliphatic hydroxyl groups is 1. The van der Waals surface area contributed by atoms with E-state index in [2.05, 4.69) is 40.5 Å². The number of anilines is 1. The number of nitrogens with one attached hydrogen (secondary N) is 1. The number of benzene rings is 2. The van der Waals surface area contributed by atoms with E-state index in [0.29, 0.717) is 30.3 Å². The van der Waals surface area contributed by atoms with E-state index in [4.69, 9.17) is 11.6 Å². The third kappa shape index (κ3) is 4.40. The van der Waals surface area contributed by atoms with Gasteiger partial charge >= 0.3 is 0 Å². The fourth-order valence-corrected chi connectivity index (χ4v) is 4.87. The Bertz CT molecular complexity index is 840. The molecule has 2 aromatic rings. The number of carbonyl (C=O) groups is 1. The first-order chi connectivity index (χ1) is 13.6. The molecule has 2 aliphatic rings. The quantitative estimate of drug-likeness (QED) is 0.793. The van der Waals surface area contributed by atoms with Crippen molar-refractivity contribution in [3.05, 3.63) is 64.2 Å². The third-order valence-electron chi connectivity index (χ3n) is 5.91. The highest BCUT2D eigenvalue weighted by Crippen LogP contribution is 2.35. The van der Waals surface area contributed by atoms with Crippen molar-refractivity contribution in [1.29, 1.82) is 0 Å². The lowest BCUT2D eigenvalue weighted by atomic mass is 9.91. The largest absolute Gasteiger partial charge is 0.387 e. The first-order valence-corrected chi connectivity index (χ1v) is 10.5. The Morgan fingerprint density at radius 1 is 1.18 bits per heavy atom. The second-order valence-electron chi connectivity index (χ2n) is 8.02. The molecule has 4 rings (SSSR count). The maximum Gasteiger partial charge on any atom is 0.224 e. The fourth-order valence-electron chi connectivity index (χ4n) is 4.48. The molecule has 0 radical (unpaired) electrons. The number of nitrogens with zero attached hydrogens (tertiary/aromatic N) is 1. The van der Waals surface area contributed by atoms with Crippen molar-refractivity contribution in [1.82, 2.24) is 4.90 Å². The molecular formula is C23H27ClN2O2. The van der Waals surface area contributed by atoms with Gasteiger partial charge in [-0.1, -0.05) is 48.0 Å².